The minimum absolute atomic E-state index is 0.136. The minimum Gasteiger partial charge on any atom is -0.491 e. The van der Waals surface area contributed by atoms with E-state index in [1.165, 1.54) is 6.08 Å². The predicted molar refractivity (Wildman–Crippen MR) is 66.5 cm³/mol. The van der Waals surface area contributed by atoms with Gasteiger partial charge in [-0.15, -0.1) is 0 Å². The van der Waals surface area contributed by atoms with Gasteiger partial charge in [-0.3, -0.25) is 0 Å². The highest BCUT2D eigenvalue weighted by molar-refractivity contribution is 5.50. The lowest BCUT2D eigenvalue weighted by molar-refractivity contribution is -0.124. The normalized spacial score (nSPS) is 13.8. The standard InChI is InChI=1S/C14H17F3O/c1-3-11(2)18-13-8-6-12(7-9-13)5-4-10-14(15,16)17/h4-9,11H,3,10H2,1-2H3. The van der Waals surface area contributed by atoms with Gasteiger partial charge in [0.15, 0.2) is 0 Å². The van der Waals surface area contributed by atoms with Gasteiger partial charge in [0, 0.05) is 0 Å². The first kappa shape index (κ1) is 14.6. The van der Waals surface area contributed by atoms with Gasteiger partial charge in [0.05, 0.1) is 12.5 Å². The van der Waals surface area contributed by atoms with E-state index in [-0.39, 0.29) is 6.10 Å². The van der Waals surface area contributed by atoms with Crippen molar-refractivity contribution in [3.8, 4) is 5.75 Å². The Bertz CT molecular complexity index is 379. The van der Waals surface area contributed by atoms with Crippen LogP contribution in [0.1, 0.15) is 32.3 Å². The van der Waals surface area contributed by atoms with Gasteiger partial charge in [0.1, 0.15) is 5.75 Å². The van der Waals surface area contributed by atoms with Crippen LogP contribution in [0.4, 0.5) is 13.2 Å². The minimum atomic E-state index is -4.14. The number of halogens is 3. The van der Waals surface area contributed by atoms with Crippen molar-refractivity contribution >= 4 is 6.08 Å². The molecule has 18 heavy (non-hydrogen) atoms. The number of hydrogen-bond acceptors (Lipinski definition) is 1. The second-order valence-corrected chi connectivity index (χ2v) is 4.13. The molecule has 1 rings (SSSR count). The first-order valence-electron chi connectivity index (χ1n) is 5.90. The van der Waals surface area contributed by atoms with Crippen molar-refractivity contribution in [2.75, 3.05) is 0 Å². The molecule has 0 radical (unpaired) electrons. The smallest absolute Gasteiger partial charge is 0.392 e. The van der Waals surface area contributed by atoms with Crippen molar-refractivity contribution in [3.63, 3.8) is 0 Å². The fourth-order valence-corrected chi connectivity index (χ4v) is 1.30. The Balaban J connectivity index is 2.55. The molecule has 4 heteroatoms. The molecule has 0 aliphatic heterocycles. The molecule has 0 heterocycles. The molecule has 1 aromatic rings. The summed E-state index contributed by atoms with van der Waals surface area (Å²) in [5.74, 6) is 0.734. The molecule has 0 N–H and O–H groups in total. The highest BCUT2D eigenvalue weighted by Crippen LogP contribution is 2.21. The predicted octanol–water partition coefficient (Wildman–Crippen LogP) is 4.83. The molecule has 100 valence electrons. The Hall–Kier alpha value is -1.45. The SMILES string of the molecule is CCC(C)Oc1ccc(C=CCC(F)(F)F)cc1. The van der Waals surface area contributed by atoms with E-state index >= 15 is 0 Å². The zero-order valence-corrected chi connectivity index (χ0v) is 10.5. The Morgan fingerprint density at radius 3 is 2.33 bits per heavy atom. The van der Waals surface area contributed by atoms with Crippen molar-refractivity contribution < 1.29 is 17.9 Å². The average molecular weight is 258 g/mol. The van der Waals surface area contributed by atoms with Crippen LogP contribution in [-0.2, 0) is 0 Å². The Kier molecular flexibility index (Phi) is 5.25. The van der Waals surface area contributed by atoms with E-state index in [1.807, 2.05) is 13.8 Å². The van der Waals surface area contributed by atoms with Crippen molar-refractivity contribution in [3.05, 3.63) is 35.9 Å². The molecule has 1 nitrogen and oxygen atoms in total. The summed E-state index contributed by atoms with van der Waals surface area (Å²) in [7, 11) is 0. The first-order valence-corrected chi connectivity index (χ1v) is 5.90. The Labute approximate surface area is 105 Å². The number of alkyl halides is 3. The van der Waals surface area contributed by atoms with E-state index in [2.05, 4.69) is 0 Å². The highest BCUT2D eigenvalue weighted by Gasteiger charge is 2.24. The summed E-state index contributed by atoms with van der Waals surface area (Å²) in [5, 5.41) is 0. The summed E-state index contributed by atoms with van der Waals surface area (Å²) in [6.07, 6.45) is -1.43. The van der Waals surface area contributed by atoms with Crippen LogP contribution in [0.3, 0.4) is 0 Å². The highest BCUT2D eigenvalue weighted by atomic mass is 19.4. The molecule has 0 aromatic heterocycles. The number of allylic oxidation sites excluding steroid dienone is 1. The van der Waals surface area contributed by atoms with Crippen molar-refractivity contribution in [2.24, 2.45) is 0 Å². The summed E-state index contributed by atoms with van der Waals surface area (Å²) in [4.78, 5) is 0. The Morgan fingerprint density at radius 1 is 1.22 bits per heavy atom. The van der Waals surface area contributed by atoms with Gasteiger partial charge in [-0.1, -0.05) is 31.2 Å². The topological polar surface area (TPSA) is 9.23 Å². The molecule has 1 aromatic carbocycles. The number of hydrogen-bond donors (Lipinski definition) is 0. The molecular weight excluding hydrogens is 241 g/mol. The molecule has 0 bridgehead atoms. The monoisotopic (exact) mass is 258 g/mol. The first-order chi connectivity index (χ1) is 8.40. The summed E-state index contributed by atoms with van der Waals surface area (Å²) in [5.41, 5.74) is 0.732. The molecule has 1 atom stereocenters. The lowest BCUT2D eigenvalue weighted by Crippen LogP contribution is -2.09. The molecular formula is C14H17F3O. The fraction of sp³-hybridized carbons (Fsp3) is 0.429. The zero-order valence-electron chi connectivity index (χ0n) is 10.5. The maximum absolute atomic E-state index is 11.9. The summed E-state index contributed by atoms with van der Waals surface area (Å²) < 4.78 is 41.4. The number of benzene rings is 1. The summed E-state index contributed by atoms with van der Waals surface area (Å²) in [6.45, 7) is 4.00. The second kappa shape index (κ2) is 6.47. The molecule has 0 spiro atoms. The molecule has 0 aliphatic carbocycles. The summed E-state index contributed by atoms with van der Waals surface area (Å²) >= 11 is 0. The third-order valence-electron chi connectivity index (χ3n) is 2.45. The van der Waals surface area contributed by atoms with Crippen LogP contribution >= 0.6 is 0 Å². The van der Waals surface area contributed by atoms with Gasteiger partial charge < -0.3 is 4.74 Å². The second-order valence-electron chi connectivity index (χ2n) is 4.13. The maximum atomic E-state index is 11.9. The van der Waals surface area contributed by atoms with E-state index in [0.29, 0.717) is 0 Å². The molecule has 0 fully saturated rings. The van der Waals surface area contributed by atoms with Crippen LogP contribution < -0.4 is 4.74 Å². The van der Waals surface area contributed by atoms with Gasteiger partial charge in [0.25, 0.3) is 0 Å². The third kappa shape index (κ3) is 5.75. The lowest BCUT2D eigenvalue weighted by Gasteiger charge is -2.12. The van der Waals surface area contributed by atoms with Gasteiger partial charge in [-0.25, -0.2) is 0 Å². The Morgan fingerprint density at radius 2 is 1.83 bits per heavy atom. The van der Waals surface area contributed by atoms with Gasteiger partial charge >= 0.3 is 6.18 Å². The third-order valence-corrected chi connectivity index (χ3v) is 2.45. The average Bonchev–Trinajstić information content (AvgIpc) is 2.29. The molecule has 1 unspecified atom stereocenters. The fourth-order valence-electron chi connectivity index (χ4n) is 1.30. The van der Waals surface area contributed by atoms with Crippen molar-refractivity contribution in [2.45, 2.75) is 39.0 Å². The van der Waals surface area contributed by atoms with Crippen LogP contribution in [0.15, 0.2) is 30.3 Å². The van der Waals surface area contributed by atoms with E-state index < -0.39 is 12.6 Å². The largest absolute Gasteiger partial charge is 0.491 e. The molecule has 0 aliphatic rings. The van der Waals surface area contributed by atoms with Crippen molar-refractivity contribution in [1.29, 1.82) is 0 Å². The van der Waals surface area contributed by atoms with Gasteiger partial charge in [0.2, 0.25) is 0 Å². The van der Waals surface area contributed by atoms with Crippen LogP contribution in [0, 0.1) is 0 Å². The molecule has 0 saturated carbocycles. The van der Waals surface area contributed by atoms with Gasteiger partial charge in [-0.05, 0) is 31.0 Å². The number of ether oxygens (including phenoxy) is 1. The zero-order chi connectivity index (χ0) is 13.6. The van der Waals surface area contributed by atoms with E-state index in [4.69, 9.17) is 4.74 Å². The summed E-state index contributed by atoms with van der Waals surface area (Å²) in [6, 6.07) is 7.01. The maximum Gasteiger partial charge on any atom is 0.392 e. The van der Waals surface area contributed by atoms with Crippen LogP contribution in [0.25, 0.3) is 6.08 Å². The lowest BCUT2D eigenvalue weighted by atomic mass is 10.2. The van der Waals surface area contributed by atoms with Crippen LogP contribution in [0.2, 0.25) is 0 Å². The molecule has 0 saturated heterocycles. The van der Waals surface area contributed by atoms with E-state index in [9.17, 15) is 13.2 Å². The van der Waals surface area contributed by atoms with Crippen LogP contribution in [-0.4, -0.2) is 12.3 Å². The van der Waals surface area contributed by atoms with Gasteiger partial charge in [-0.2, -0.15) is 13.2 Å². The van der Waals surface area contributed by atoms with E-state index in [0.717, 1.165) is 23.8 Å². The quantitative estimate of drug-likeness (QED) is 0.735. The van der Waals surface area contributed by atoms with E-state index in [1.54, 1.807) is 24.3 Å². The number of rotatable bonds is 5. The molecule has 0 amide bonds. The van der Waals surface area contributed by atoms with Crippen LogP contribution in [0.5, 0.6) is 5.75 Å². The van der Waals surface area contributed by atoms with Crippen molar-refractivity contribution in [1.82, 2.24) is 0 Å².